The summed E-state index contributed by atoms with van der Waals surface area (Å²) in [4.78, 5) is 1.02. The highest BCUT2D eigenvalue weighted by Crippen LogP contribution is 2.18. The zero-order valence-electron chi connectivity index (χ0n) is 5.66. The maximum absolute atomic E-state index is 9.00. The Bertz CT molecular complexity index is 215. The fourth-order valence-electron chi connectivity index (χ4n) is 0.665. The van der Waals surface area contributed by atoms with E-state index in [2.05, 4.69) is 4.72 Å². The van der Waals surface area contributed by atoms with Crippen LogP contribution in [0.15, 0.2) is 29.2 Å². The number of nitrogens with one attached hydrogen (secondary N) is 1. The molecular weight excluding hydrogens is 146 g/mol. The van der Waals surface area contributed by atoms with Crippen molar-refractivity contribution in [2.24, 2.45) is 0 Å². The predicted molar refractivity (Wildman–Crippen MR) is 43.0 cm³/mol. The Hall–Kier alpha value is -0.670. The molecule has 0 amide bonds. The van der Waals surface area contributed by atoms with Gasteiger partial charge < -0.3 is 5.11 Å². The van der Waals surface area contributed by atoms with E-state index in [4.69, 9.17) is 5.11 Å². The molecule has 0 heterocycles. The van der Waals surface area contributed by atoms with E-state index in [1.807, 2.05) is 19.2 Å². The Kier molecular flexibility index (Phi) is 2.59. The van der Waals surface area contributed by atoms with Crippen LogP contribution < -0.4 is 4.72 Å². The van der Waals surface area contributed by atoms with Crippen molar-refractivity contribution < 1.29 is 5.11 Å². The normalized spacial score (nSPS) is 9.70. The number of phenols is 1. The minimum atomic E-state index is 0.306. The van der Waals surface area contributed by atoms with Gasteiger partial charge in [0.05, 0.1) is 0 Å². The molecule has 3 heteroatoms. The minimum Gasteiger partial charge on any atom is -0.508 e. The van der Waals surface area contributed by atoms with Crippen molar-refractivity contribution in [3.05, 3.63) is 24.3 Å². The SMILES string of the molecule is CNSc1cccc(O)c1. The summed E-state index contributed by atoms with van der Waals surface area (Å²) < 4.78 is 2.92. The Morgan fingerprint density at radius 1 is 1.50 bits per heavy atom. The first-order chi connectivity index (χ1) is 4.83. The van der Waals surface area contributed by atoms with Gasteiger partial charge in [0.25, 0.3) is 0 Å². The van der Waals surface area contributed by atoms with E-state index in [9.17, 15) is 0 Å². The molecule has 0 aliphatic heterocycles. The van der Waals surface area contributed by atoms with E-state index < -0.39 is 0 Å². The van der Waals surface area contributed by atoms with Crippen LogP contribution >= 0.6 is 11.9 Å². The topological polar surface area (TPSA) is 32.3 Å². The number of hydrogen-bond donors (Lipinski definition) is 2. The van der Waals surface area contributed by atoms with Crippen molar-refractivity contribution in [1.82, 2.24) is 4.72 Å². The molecule has 1 aromatic carbocycles. The van der Waals surface area contributed by atoms with Gasteiger partial charge in [-0.1, -0.05) is 6.07 Å². The summed E-state index contributed by atoms with van der Waals surface area (Å²) in [5.41, 5.74) is 0. The quantitative estimate of drug-likeness (QED) is 0.636. The maximum Gasteiger partial charge on any atom is 0.116 e. The monoisotopic (exact) mass is 155 g/mol. The van der Waals surface area contributed by atoms with E-state index in [1.165, 1.54) is 11.9 Å². The van der Waals surface area contributed by atoms with Crippen LogP contribution in [0, 0.1) is 0 Å². The lowest BCUT2D eigenvalue weighted by molar-refractivity contribution is 0.474. The molecule has 0 bridgehead atoms. The number of hydrogen-bond acceptors (Lipinski definition) is 3. The van der Waals surface area contributed by atoms with Gasteiger partial charge in [-0.25, -0.2) is 0 Å². The molecule has 2 N–H and O–H groups in total. The van der Waals surface area contributed by atoms with E-state index >= 15 is 0 Å². The number of phenolic OH excluding ortho intramolecular Hbond substituents is 1. The van der Waals surface area contributed by atoms with E-state index in [1.54, 1.807) is 12.1 Å². The third-order valence-electron chi connectivity index (χ3n) is 1.04. The minimum absolute atomic E-state index is 0.306. The van der Waals surface area contributed by atoms with Crippen LogP contribution in [0.25, 0.3) is 0 Å². The molecule has 0 unspecified atom stereocenters. The summed E-state index contributed by atoms with van der Waals surface area (Å²) in [7, 11) is 1.84. The molecule has 1 rings (SSSR count). The summed E-state index contributed by atoms with van der Waals surface area (Å²) in [5, 5.41) is 9.00. The molecule has 2 nitrogen and oxygen atoms in total. The van der Waals surface area contributed by atoms with Gasteiger partial charge in [-0.2, -0.15) is 0 Å². The molecule has 0 atom stereocenters. The van der Waals surface area contributed by atoms with Crippen LogP contribution in [0.1, 0.15) is 0 Å². The molecule has 0 aliphatic carbocycles. The maximum atomic E-state index is 9.00. The van der Waals surface area contributed by atoms with Gasteiger partial charge >= 0.3 is 0 Å². The van der Waals surface area contributed by atoms with Gasteiger partial charge in [-0.05, 0) is 37.2 Å². The van der Waals surface area contributed by atoms with Crippen molar-refractivity contribution in [3.63, 3.8) is 0 Å². The van der Waals surface area contributed by atoms with Crippen LogP contribution in [0.3, 0.4) is 0 Å². The first kappa shape index (κ1) is 7.44. The summed E-state index contributed by atoms with van der Waals surface area (Å²) in [5.74, 6) is 0.306. The summed E-state index contributed by atoms with van der Waals surface area (Å²) in [6.07, 6.45) is 0. The van der Waals surface area contributed by atoms with Gasteiger partial charge in [0, 0.05) is 4.90 Å². The summed E-state index contributed by atoms with van der Waals surface area (Å²) in [6.45, 7) is 0. The van der Waals surface area contributed by atoms with Gasteiger partial charge in [0.1, 0.15) is 5.75 Å². The Morgan fingerprint density at radius 2 is 2.30 bits per heavy atom. The van der Waals surface area contributed by atoms with Crippen molar-refractivity contribution in [3.8, 4) is 5.75 Å². The number of benzene rings is 1. The van der Waals surface area contributed by atoms with Gasteiger partial charge in [-0.15, -0.1) is 0 Å². The van der Waals surface area contributed by atoms with E-state index in [0.717, 1.165) is 4.90 Å². The smallest absolute Gasteiger partial charge is 0.116 e. The lowest BCUT2D eigenvalue weighted by Gasteiger charge is -1.97. The van der Waals surface area contributed by atoms with Crippen molar-refractivity contribution in [2.75, 3.05) is 7.05 Å². The average Bonchev–Trinajstić information content (AvgIpc) is 1.88. The van der Waals surface area contributed by atoms with Gasteiger partial charge in [0.2, 0.25) is 0 Å². The lowest BCUT2D eigenvalue weighted by Crippen LogP contribution is -1.89. The van der Waals surface area contributed by atoms with Crippen LogP contribution in [0.2, 0.25) is 0 Å². The van der Waals surface area contributed by atoms with Crippen LogP contribution in [-0.2, 0) is 0 Å². The highest BCUT2D eigenvalue weighted by molar-refractivity contribution is 7.97. The molecular formula is C7H9NOS. The lowest BCUT2D eigenvalue weighted by atomic mass is 10.3. The zero-order valence-corrected chi connectivity index (χ0v) is 6.48. The van der Waals surface area contributed by atoms with Crippen LogP contribution in [0.5, 0.6) is 5.75 Å². The third-order valence-corrected chi connectivity index (χ3v) is 1.73. The second-order valence-corrected chi connectivity index (χ2v) is 2.89. The molecule has 0 aliphatic rings. The number of rotatable bonds is 2. The van der Waals surface area contributed by atoms with E-state index in [-0.39, 0.29) is 0 Å². The predicted octanol–water partition coefficient (Wildman–Crippen LogP) is 1.62. The first-order valence-electron chi connectivity index (χ1n) is 2.95. The molecule has 54 valence electrons. The second-order valence-electron chi connectivity index (χ2n) is 1.80. The zero-order chi connectivity index (χ0) is 7.40. The standard InChI is InChI=1S/C7H9NOS/c1-8-10-7-4-2-3-6(9)5-7/h2-5,8-9H,1H3. The molecule has 0 saturated heterocycles. The fraction of sp³-hybridized carbons (Fsp3) is 0.143. The second kappa shape index (κ2) is 3.49. The highest BCUT2D eigenvalue weighted by Gasteiger charge is 1.91. The Balaban J connectivity index is 2.75. The molecule has 0 spiro atoms. The largest absolute Gasteiger partial charge is 0.508 e. The first-order valence-corrected chi connectivity index (χ1v) is 3.77. The molecule has 0 radical (unpaired) electrons. The fourth-order valence-corrected chi connectivity index (χ4v) is 1.23. The molecule has 0 fully saturated rings. The Morgan fingerprint density at radius 3 is 2.90 bits per heavy atom. The van der Waals surface area contributed by atoms with Crippen molar-refractivity contribution in [2.45, 2.75) is 4.90 Å². The molecule has 0 aromatic heterocycles. The van der Waals surface area contributed by atoms with E-state index in [0.29, 0.717) is 5.75 Å². The highest BCUT2D eigenvalue weighted by atomic mass is 32.2. The van der Waals surface area contributed by atoms with Crippen LogP contribution in [0.4, 0.5) is 0 Å². The third kappa shape index (κ3) is 1.93. The summed E-state index contributed by atoms with van der Waals surface area (Å²) >= 11 is 1.48. The van der Waals surface area contributed by atoms with Gasteiger partial charge in [0.15, 0.2) is 0 Å². The summed E-state index contributed by atoms with van der Waals surface area (Å²) in [6, 6.07) is 7.11. The van der Waals surface area contributed by atoms with Crippen LogP contribution in [-0.4, -0.2) is 12.2 Å². The van der Waals surface area contributed by atoms with Crippen molar-refractivity contribution >= 4 is 11.9 Å². The number of aromatic hydroxyl groups is 1. The average molecular weight is 155 g/mol. The van der Waals surface area contributed by atoms with Crippen molar-refractivity contribution in [1.29, 1.82) is 0 Å². The molecule has 10 heavy (non-hydrogen) atoms. The molecule has 1 aromatic rings. The molecule has 0 saturated carbocycles. The van der Waals surface area contributed by atoms with Gasteiger partial charge in [-0.3, -0.25) is 4.72 Å². The Labute approximate surface area is 64.4 Å².